The van der Waals surface area contributed by atoms with Gasteiger partial charge in [0.05, 0.1) is 12.5 Å². The molecule has 1 aromatic heterocycles. The van der Waals surface area contributed by atoms with Crippen molar-refractivity contribution >= 4 is 17.7 Å². The van der Waals surface area contributed by atoms with Gasteiger partial charge in [-0.25, -0.2) is 9.97 Å². The molecule has 7 heteroatoms. The summed E-state index contributed by atoms with van der Waals surface area (Å²) in [6, 6.07) is 9.67. The third kappa shape index (κ3) is 3.45. The van der Waals surface area contributed by atoms with E-state index in [-0.39, 0.29) is 11.9 Å². The molecule has 3 heterocycles. The van der Waals surface area contributed by atoms with Crippen LogP contribution in [0.5, 0.6) is 0 Å². The predicted molar refractivity (Wildman–Crippen MR) is 110 cm³/mol. The summed E-state index contributed by atoms with van der Waals surface area (Å²) in [5.41, 5.74) is 1.62. The average Bonchev–Trinajstić information content (AvgIpc) is 2.78. The van der Waals surface area contributed by atoms with E-state index in [1.54, 1.807) is 0 Å². The van der Waals surface area contributed by atoms with E-state index in [2.05, 4.69) is 15.2 Å². The molecule has 0 bridgehead atoms. The van der Waals surface area contributed by atoms with Crippen LogP contribution in [0, 0.1) is 5.41 Å². The van der Waals surface area contributed by atoms with Gasteiger partial charge < -0.3 is 15.0 Å². The lowest BCUT2D eigenvalue weighted by atomic mass is 9.77. The molecular formula is C22H26N4O3. The van der Waals surface area contributed by atoms with Gasteiger partial charge in [0.1, 0.15) is 11.5 Å². The molecule has 1 unspecified atom stereocenters. The second-order valence-electron chi connectivity index (χ2n) is 7.72. The van der Waals surface area contributed by atoms with E-state index < -0.39 is 5.41 Å². The number of piperidine rings is 1. The molecule has 0 aliphatic carbocycles. The van der Waals surface area contributed by atoms with E-state index in [1.165, 1.54) is 7.11 Å². The molecule has 7 nitrogen and oxygen atoms in total. The Labute approximate surface area is 170 Å². The molecule has 1 fully saturated rings. The second kappa shape index (κ2) is 7.81. The van der Waals surface area contributed by atoms with Crippen LogP contribution in [-0.2, 0) is 16.0 Å². The number of fused-ring (bicyclic) bond motifs is 1. The third-order valence-electron chi connectivity index (χ3n) is 6.06. The highest BCUT2D eigenvalue weighted by Crippen LogP contribution is 2.38. The number of nitrogens with one attached hydrogen (secondary N) is 1. The van der Waals surface area contributed by atoms with E-state index >= 15 is 0 Å². The first-order valence-electron chi connectivity index (χ1n) is 10.2. The number of carbonyl (C=O) groups excluding carboxylic acids is 2. The van der Waals surface area contributed by atoms with Crippen molar-refractivity contribution in [2.45, 2.75) is 32.6 Å². The summed E-state index contributed by atoms with van der Waals surface area (Å²) in [5, 5.41) is 2.88. The fraction of sp³-hybridized carbons (Fsp3) is 0.455. The maximum atomic E-state index is 12.6. The highest BCUT2D eigenvalue weighted by molar-refractivity contribution is 5.96. The second-order valence-corrected chi connectivity index (χ2v) is 7.72. The Balaban J connectivity index is 1.81. The first-order valence-corrected chi connectivity index (χ1v) is 10.2. The molecule has 0 radical (unpaired) electrons. The van der Waals surface area contributed by atoms with Crippen molar-refractivity contribution in [2.75, 3.05) is 31.6 Å². The number of rotatable bonds is 4. The number of benzene rings is 1. The zero-order valence-electron chi connectivity index (χ0n) is 16.9. The summed E-state index contributed by atoms with van der Waals surface area (Å²) >= 11 is 0. The van der Waals surface area contributed by atoms with Crippen LogP contribution in [0.25, 0.3) is 11.4 Å². The average molecular weight is 394 g/mol. The molecule has 2 aromatic rings. The molecule has 1 amide bonds. The van der Waals surface area contributed by atoms with E-state index in [9.17, 15) is 9.59 Å². The number of amides is 1. The number of methoxy groups -OCH3 is 1. The Morgan fingerprint density at radius 2 is 2.07 bits per heavy atom. The SMILES string of the molecule is CCC1(C(=O)OC)CCCN(c2nc(-c3ccccc3)nc3c2CCNC3=O)C1. The van der Waals surface area contributed by atoms with Crippen molar-refractivity contribution in [3.8, 4) is 11.4 Å². The van der Waals surface area contributed by atoms with Crippen LogP contribution < -0.4 is 10.2 Å². The maximum absolute atomic E-state index is 12.6. The summed E-state index contributed by atoms with van der Waals surface area (Å²) in [4.78, 5) is 36.7. The van der Waals surface area contributed by atoms with Crippen molar-refractivity contribution in [3.63, 3.8) is 0 Å². The lowest BCUT2D eigenvalue weighted by molar-refractivity contribution is -0.153. The smallest absolute Gasteiger partial charge is 0.313 e. The predicted octanol–water partition coefficient (Wildman–Crippen LogP) is 2.60. The zero-order chi connectivity index (χ0) is 20.4. The number of hydrogen-bond donors (Lipinski definition) is 1. The minimum Gasteiger partial charge on any atom is -0.469 e. The number of aromatic nitrogens is 2. The van der Waals surface area contributed by atoms with Crippen LogP contribution in [0.1, 0.15) is 42.2 Å². The minimum atomic E-state index is -0.547. The Kier molecular flexibility index (Phi) is 5.22. The van der Waals surface area contributed by atoms with Crippen LogP contribution in [-0.4, -0.2) is 48.6 Å². The molecule has 1 aromatic carbocycles. The molecule has 2 aliphatic rings. The maximum Gasteiger partial charge on any atom is 0.313 e. The molecular weight excluding hydrogens is 368 g/mol. The Hall–Kier alpha value is -2.96. The fourth-order valence-electron chi connectivity index (χ4n) is 4.38. The number of anilines is 1. The summed E-state index contributed by atoms with van der Waals surface area (Å²) in [7, 11) is 1.45. The fourth-order valence-corrected chi connectivity index (χ4v) is 4.38. The van der Waals surface area contributed by atoms with Gasteiger partial charge >= 0.3 is 5.97 Å². The van der Waals surface area contributed by atoms with Gasteiger partial charge in [-0.15, -0.1) is 0 Å². The molecule has 1 N–H and O–H groups in total. The van der Waals surface area contributed by atoms with Gasteiger partial charge in [-0.05, 0) is 25.7 Å². The summed E-state index contributed by atoms with van der Waals surface area (Å²) in [6.07, 6.45) is 3.05. The number of esters is 1. The highest BCUT2D eigenvalue weighted by atomic mass is 16.5. The van der Waals surface area contributed by atoms with Crippen LogP contribution >= 0.6 is 0 Å². The zero-order valence-corrected chi connectivity index (χ0v) is 16.9. The van der Waals surface area contributed by atoms with Crippen molar-refractivity contribution < 1.29 is 14.3 Å². The summed E-state index contributed by atoms with van der Waals surface area (Å²) < 4.78 is 5.13. The Bertz CT molecular complexity index is 931. The van der Waals surface area contributed by atoms with Crippen molar-refractivity contribution in [1.29, 1.82) is 0 Å². The van der Waals surface area contributed by atoms with Gasteiger partial charge in [-0.3, -0.25) is 9.59 Å². The molecule has 2 aliphatic heterocycles. The topological polar surface area (TPSA) is 84.4 Å². The van der Waals surface area contributed by atoms with Gasteiger partial charge in [0.2, 0.25) is 0 Å². The van der Waals surface area contributed by atoms with Crippen molar-refractivity contribution in [2.24, 2.45) is 5.41 Å². The molecule has 4 rings (SSSR count). The standard InChI is InChI=1S/C22H26N4O3/c1-3-22(21(28)29-2)11-7-13-26(14-22)19-16-10-12-23-20(27)17(16)24-18(25-19)15-8-5-4-6-9-15/h4-6,8-9H,3,7,10-14H2,1-2H3,(H,23,27). The number of hydrogen-bond acceptors (Lipinski definition) is 6. The molecule has 0 spiro atoms. The molecule has 0 saturated carbocycles. The van der Waals surface area contributed by atoms with E-state index in [0.717, 1.165) is 36.3 Å². The quantitative estimate of drug-likeness (QED) is 0.803. The normalized spacial score (nSPS) is 21.3. The van der Waals surface area contributed by atoms with Gasteiger partial charge in [0.25, 0.3) is 5.91 Å². The van der Waals surface area contributed by atoms with Gasteiger partial charge in [0, 0.05) is 30.8 Å². The Morgan fingerprint density at radius 3 is 2.79 bits per heavy atom. The monoisotopic (exact) mass is 394 g/mol. The first-order chi connectivity index (χ1) is 14.1. The minimum absolute atomic E-state index is 0.168. The highest BCUT2D eigenvalue weighted by Gasteiger charge is 2.43. The number of nitrogens with zero attached hydrogens (tertiary/aromatic N) is 3. The van der Waals surface area contributed by atoms with Crippen molar-refractivity contribution in [1.82, 2.24) is 15.3 Å². The van der Waals surface area contributed by atoms with Crippen LogP contribution in [0.3, 0.4) is 0 Å². The van der Waals surface area contributed by atoms with Crippen LogP contribution in [0.2, 0.25) is 0 Å². The van der Waals surface area contributed by atoms with Gasteiger partial charge in [-0.2, -0.15) is 0 Å². The van der Waals surface area contributed by atoms with Crippen molar-refractivity contribution in [3.05, 3.63) is 41.6 Å². The van der Waals surface area contributed by atoms with E-state index in [1.807, 2.05) is 37.3 Å². The third-order valence-corrected chi connectivity index (χ3v) is 6.06. The summed E-state index contributed by atoms with van der Waals surface area (Å²) in [5.74, 6) is 0.958. The van der Waals surface area contributed by atoms with E-state index in [0.29, 0.717) is 37.4 Å². The number of carbonyl (C=O) groups is 2. The van der Waals surface area contributed by atoms with Crippen LogP contribution in [0.4, 0.5) is 5.82 Å². The molecule has 29 heavy (non-hydrogen) atoms. The Morgan fingerprint density at radius 1 is 1.28 bits per heavy atom. The van der Waals surface area contributed by atoms with E-state index in [4.69, 9.17) is 9.72 Å². The molecule has 152 valence electrons. The first kappa shape index (κ1) is 19.4. The lowest BCUT2D eigenvalue weighted by Gasteiger charge is -2.41. The molecule has 1 atom stereocenters. The largest absolute Gasteiger partial charge is 0.469 e. The summed E-state index contributed by atoms with van der Waals surface area (Å²) in [6.45, 7) is 3.92. The number of ether oxygens (including phenoxy) is 1. The lowest BCUT2D eigenvalue weighted by Crippen LogP contribution is -2.49. The molecule has 1 saturated heterocycles. The van der Waals surface area contributed by atoms with Crippen LogP contribution in [0.15, 0.2) is 30.3 Å². The van der Waals surface area contributed by atoms with Gasteiger partial charge in [0.15, 0.2) is 5.82 Å². The van der Waals surface area contributed by atoms with Gasteiger partial charge in [-0.1, -0.05) is 37.3 Å².